The molecule has 19 heavy (non-hydrogen) atoms. The van der Waals surface area contributed by atoms with Crippen molar-refractivity contribution in [3.05, 3.63) is 42.7 Å². The highest BCUT2D eigenvalue weighted by molar-refractivity contribution is 5.29. The summed E-state index contributed by atoms with van der Waals surface area (Å²) in [5.74, 6) is 0. The molecule has 0 radical (unpaired) electrons. The van der Waals surface area contributed by atoms with Gasteiger partial charge in [-0.2, -0.15) is 0 Å². The third-order valence-electron chi connectivity index (χ3n) is 2.39. The highest BCUT2D eigenvalue weighted by Gasteiger charge is 2.20. The SMILES string of the molecule is NC(CO)(CO)CO.c1ccc(-n2ccnn2)cc1. The van der Waals surface area contributed by atoms with Crippen LogP contribution in [0.25, 0.3) is 5.69 Å². The van der Waals surface area contributed by atoms with E-state index in [2.05, 4.69) is 10.3 Å². The molecule has 5 N–H and O–H groups in total. The molecule has 0 aliphatic rings. The van der Waals surface area contributed by atoms with Crippen molar-refractivity contribution in [3.8, 4) is 5.69 Å². The highest BCUT2D eigenvalue weighted by atomic mass is 16.3. The van der Waals surface area contributed by atoms with Crippen LogP contribution in [0, 0.1) is 0 Å². The van der Waals surface area contributed by atoms with Crippen molar-refractivity contribution in [2.24, 2.45) is 5.73 Å². The van der Waals surface area contributed by atoms with Gasteiger partial charge in [-0.05, 0) is 12.1 Å². The number of nitrogens with two attached hydrogens (primary N) is 1. The monoisotopic (exact) mass is 266 g/mol. The molecule has 2 aromatic rings. The maximum absolute atomic E-state index is 8.34. The lowest BCUT2D eigenvalue weighted by Gasteiger charge is -2.20. The molecule has 104 valence electrons. The molecule has 2 rings (SSSR count). The highest BCUT2D eigenvalue weighted by Crippen LogP contribution is 2.02. The van der Waals surface area contributed by atoms with Crippen molar-refractivity contribution in [2.45, 2.75) is 5.54 Å². The lowest BCUT2D eigenvalue weighted by Crippen LogP contribution is -2.50. The summed E-state index contributed by atoms with van der Waals surface area (Å²) < 4.78 is 1.72. The van der Waals surface area contributed by atoms with Crippen molar-refractivity contribution in [1.29, 1.82) is 0 Å². The van der Waals surface area contributed by atoms with Gasteiger partial charge in [0.25, 0.3) is 0 Å². The van der Waals surface area contributed by atoms with Gasteiger partial charge in [0.1, 0.15) is 0 Å². The number of hydrogen-bond acceptors (Lipinski definition) is 6. The van der Waals surface area contributed by atoms with E-state index in [1.54, 1.807) is 10.9 Å². The minimum Gasteiger partial charge on any atom is -0.394 e. The van der Waals surface area contributed by atoms with Crippen LogP contribution in [-0.2, 0) is 0 Å². The van der Waals surface area contributed by atoms with Crippen LogP contribution < -0.4 is 5.73 Å². The summed E-state index contributed by atoms with van der Waals surface area (Å²) in [7, 11) is 0. The third-order valence-corrected chi connectivity index (χ3v) is 2.39. The summed E-state index contributed by atoms with van der Waals surface area (Å²) in [4.78, 5) is 0. The van der Waals surface area contributed by atoms with E-state index in [1.807, 2.05) is 36.5 Å². The summed E-state index contributed by atoms with van der Waals surface area (Å²) in [6.45, 7) is -1.21. The van der Waals surface area contributed by atoms with Crippen LogP contribution in [-0.4, -0.2) is 55.7 Å². The van der Waals surface area contributed by atoms with Gasteiger partial charge in [-0.15, -0.1) is 5.10 Å². The number of aliphatic hydroxyl groups is 3. The lowest BCUT2D eigenvalue weighted by atomic mass is 10.1. The number of benzene rings is 1. The molecule has 0 unspecified atom stereocenters. The standard InChI is InChI=1S/C8H7N3.C4H11NO3/c1-2-4-8(5-3-1)11-7-6-9-10-11;5-4(1-6,2-7)3-8/h1-7H;6-8H,1-3,5H2. The predicted molar refractivity (Wildman–Crippen MR) is 69.5 cm³/mol. The number of rotatable bonds is 4. The topological polar surface area (TPSA) is 117 Å². The molecule has 1 aromatic heterocycles. The Hall–Kier alpha value is -1.80. The Morgan fingerprint density at radius 1 is 1.05 bits per heavy atom. The van der Waals surface area contributed by atoms with E-state index >= 15 is 0 Å². The smallest absolute Gasteiger partial charge is 0.0856 e. The number of nitrogens with zero attached hydrogens (tertiary/aromatic N) is 3. The fourth-order valence-electron chi connectivity index (χ4n) is 1.08. The Labute approximate surface area is 110 Å². The molecule has 1 aromatic carbocycles. The van der Waals surface area contributed by atoms with Crippen molar-refractivity contribution in [3.63, 3.8) is 0 Å². The van der Waals surface area contributed by atoms with Gasteiger partial charge < -0.3 is 21.1 Å². The third kappa shape index (κ3) is 4.76. The van der Waals surface area contributed by atoms with Gasteiger partial charge >= 0.3 is 0 Å². The van der Waals surface area contributed by atoms with Crippen LogP contribution in [0.1, 0.15) is 0 Å². The lowest BCUT2D eigenvalue weighted by molar-refractivity contribution is 0.0698. The van der Waals surface area contributed by atoms with Crippen LogP contribution in [0.15, 0.2) is 42.7 Å². The zero-order chi connectivity index (χ0) is 14.1. The molecule has 0 aliphatic heterocycles. The summed E-state index contributed by atoms with van der Waals surface area (Å²) in [5, 5.41) is 32.6. The van der Waals surface area contributed by atoms with Gasteiger partial charge in [0, 0.05) is 0 Å². The van der Waals surface area contributed by atoms with E-state index < -0.39 is 25.4 Å². The molecule has 0 spiro atoms. The van der Waals surface area contributed by atoms with Crippen LogP contribution in [0.5, 0.6) is 0 Å². The van der Waals surface area contributed by atoms with E-state index in [1.165, 1.54) is 0 Å². The number of para-hydroxylation sites is 1. The van der Waals surface area contributed by atoms with Gasteiger partial charge in [-0.3, -0.25) is 0 Å². The molecule has 7 nitrogen and oxygen atoms in total. The zero-order valence-corrected chi connectivity index (χ0v) is 10.4. The first-order valence-electron chi connectivity index (χ1n) is 5.68. The molecule has 7 heteroatoms. The van der Waals surface area contributed by atoms with E-state index in [-0.39, 0.29) is 0 Å². The van der Waals surface area contributed by atoms with Gasteiger partial charge in [0.05, 0.1) is 43.4 Å². The minimum atomic E-state index is -1.21. The Kier molecular flexibility index (Phi) is 6.10. The normalized spacial score (nSPS) is 10.7. The van der Waals surface area contributed by atoms with Gasteiger partial charge in [-0.25, -0.2) is 4.68 Å². The van der Waals surface area contributed by atoms with Crippen LogP contribution in [0.4, 0.5) is 0 Å². The van der Waals surface area contributed by atoms with Gasteiger partial charge in [-0.1, -0.05) is 23.4 Å². The van der Waals surface area contributed by atoms with E-state index in [0.717, 1.165) is 5.69 Å². The number of aliphatic hydroxyl groups excluding tert-OH is 3. The first kappa shape index (κ1) is 15.3. The Morgan fingerprint density at radius 3 is 2.00 bits per heavy atom. The van der Waals surface area contributed by atoms with Gasteiger partial charge in [0.2, 0.25) is 0 Å². The van der Waals surface area contributed by atoms with E-state index in [0.29, 0.717) is 0 Å². The maximum atomic E-state index is 8.34. The minimum absolute atomic E-state index is 0.403. The van der Waals surface area contributed by atoms with Crippen molar-refractivity contribution < 1.29 is 15.3 Å². The first-order chi connectivity index (χ1) is 9.15. The second-order valence-corrected chi connectivity index (χ2v) is 4.02. The molecule has 0 atom stereocenters. The van der Waals surface area contributed by atoms with E-state index in [9.17, 15) is 0 Å². The predicted octanol–water partition coefficient (Wildman–Crippen LogP) is -1.07. The quantitative estimate of drug-likeness (QED) is 0.559. The van der Waals surface area contributed by atoms with Gasteiger partial charge in [0.15, 0.2) is 0 Å². The number of hydrogen-bond donors (Lipinski definition) is 4. The molecule has 0 aliphatic carbocycles. The average Bonchev–Trinajstić information content (AvgIpc) is 3.02. The molecular formula is C12H18N4O3. The molecule has 0 amide bonds. The van der Waals surface area contributed by atoms with Crippen molar-refractivity contribution in [2.75, 3.05) is 19.8 Å². The second kappa shape index (κ2) is 7.59. The molecule has 0 fully saturated rings. The average molecular weight is 266 g/mol. The van der Waals surface area contributed by atoms with Crippen LogP contribution in [0.3, 0.4) is 0 Å². The summed E-state index contributed by atoms with van der Waals surface area (Å²) in [5.41, 5.74) is 4.97. The fourth-order valence-corrected chi connectivity index (χ4v) is 1.08. The van der Waals surface area contributed by atoms with Crippen LogP contribution >= 0.6 is 0 Å². The molecule has 0 bridgehead atoms. The Bertz CT molecular complexity index is 435. The molecule has 0 saturated carbocycles. The van der Waals surface area contributed by atoms with E-state index in [4.69, 9.17) is 21.1 Å². The molecule has 0 saturated heterocycles. The summed E-state index contributed by atoms with van der Waals surface area (Å²) in [6, 6.07) is 9.87. The maximum Gasteiger partial charge on any atom is 0.0856 e. The Balaban J connectivity index is 0.000000203. The Morgan fingerprint density at radius 2 is 1.63 bits per heavy atom. The molecule has 1 heterocycles. The number of aromatic nitrogens is 3. The molecular weight excluding hydrogens is 248 g/mol. The van der Waals surface area contributed by atoms with Crippen LogP contribution in [0.2, 0.25) is 0 Å². The fraction of sp³-hybridized carbons (Fsp3) is 0.333. The van der Waals surface area contributed by atoms with Crippen molar-refractivity contribution >= 4 is 0 Å². The summed E-state index contributed by atoms with van der Waals surface area (Å²) >= 11 is 0. The zero-order valence-electron chi connectivity index (χ0n) is 10.4. The van der Waals surface area contributed by atoms with Crippen molar-refractivity contribution in [1.82, 2.24) is 15.0 Å². The summed E-state index contributed by atoms with van der Waals surface area (Å²) in [6.07, 6.45) is 3.47. The largest absolute Gasteiger partial charge is 0.394 e. The second-order valence-electron chi connectivity index (χ2n) is 4.02. The first-order valence-corrected chi connectivity index (χ1v) is 5.68.